The van der Waals surface area contributed by atoms with Gasteiger partial charge < -0.3 is 8.85 Å². The second kappa shape index (κ2) is 8.10. The number of hydrogen-bond donors (Lipinski definition) is 0. The Morgan fingerprint density at radius 1 is 0.947 bits per heavy atom. The quantitative estimate of drug-likeness (QED) is 0.532. The van der Waals surface area contributed by atoms with Crippen molar-refractivity contribution in [1.82, 2.24) is 0 Å². The molecule has 2 nitrogen and oxygen atoms in total. The van der Waals surface area contributed by atoms with Crippen LogP contribution in [0.25, 0.3) is 10.8 Å². The van der Waals surface area contributed by atoms with Crippen molar-refractivity contribution in [2.75, 3.05) is 6.61 Å². The van der Waals surface area contributed by atoms with E-state index in [-0.39, 0.29) is 10.0 Å². The molecule has 0 saturated heterocycles. The van der Waals surface area contributed by atoms with Crippen LogP contribution in [-0.4, -0.2) is 16.6 Å². The van der Waals surface area contributed by atoms with Gasteiger partial charge in [-0.15, -0.1) is 0 Å². The molecule has 0 aliphatic rings. The van der Waals surface area contributed by atoms with E-state index in [2.05, 4.69) is 49.4 Å². The minimum atomic E-state index is 0.140. The second-order valence-electron chi connectivity index (χ2n) is 4.57. The molecule has 0 aliphatic heterocycles. The summed E-state index contributed by atoms with van der Waals surface area (Å²) in [5.41, 5.74) is 1.22. The molecule has 0 heterocycles. The zero-order chi connectivity index (χ0) is 13.3. The van der Waals surface area contributed by atoms with Gasteiger partial charge in [0, 0.05) is 6.61 Å². The first-order valence-corrected chi connectivity index (χ1v) is 7.68. The third-order valence-corrected chi connectivity index (χ3v) is 3.66. The van der Waals surface area contributed by atoms with Crippen LogP contribution in [0.2, 0.25) is 0 Å². The summed E-state index contributed by atoms with van der Waals surface area (Å²) in [7, 11) is 0.140. The van der Waals surface area contributed by atoms with E-state index in [1.165, 1.54) is 29.2 Å². The van der Waals surface area contributed by atoms with Gasteiger partial charge in [-0.2, -0.15) is 0 Å². The maximum Gasteiger partial charge on any atom is 0.433 e. The Balaban J connectivity index is 1.78. The first kappa shape index (κ1) is 14.3. The van der Waals surface area contributed by atoms with Crippen LogP contribution < -0.4 is 0 Å². The van der Waals surface area contributed by atoms with E-state index in [0.717, 1.165) is 13.0 Å². The SMILES string of the molecule is CCCCCO[Si]OCc1cccc2ccccc12. The van der Waals surface area contributed by atoms with Crippen molar-refractivity contribution in [3.8, 4) is 0 Å². The van der Waals surface area contributed by atoms with Gasteiger partial charge in [-0.3, -0.25) is 0 Å². The standard InChI is InChI=1S/C16H20O2Si/c1-2-3-6-12-17-19-18-13-15-10-7-9-14-8-4-5-11-16(14)15/h4-5,7-11H,2-3,6,12-13H2,1H3. The fourth-order valence-corrected chi connectivity index (χ4v) is 2.56. The van der Waals surface area contributed by atoms with Crippen molar-refractivity contribution >= 4 is 20.8 Å². The number of unbranched alkanes of at least 4 members (excludes halogenated alkanes) is 2. The fourth-order valence-electron chi connectivity index (χ4n) is 2.03. The van der Waals surface area contributed by atoms with Gasteiger partial charge in [-0.1, -0.05) is 62.2 Å². The van der Waals surface area contributed by atoms with Gasteiger partial charge in [0.05, 0.1) is 6.61 Å². The van der Waals surface area contributed by atoms with Crippen LogP contribution >= 0.6 is 0 Å². The fraction of sp³-hybridized carbons (Fsp3) is 0.375. The summed E-state index contributed by atoms with van der Waals surface area (Å²) >= 11 is 0. The zero-order valence-electron chi connectivity index (χ0n) is 11.4. The van der Waals surface area contributed by atoms with E-state index in [1.807, 2.05) is 0 Å². The van der Waals surface area contributed by atoms with Crippen LogP contribution in [0.5, 0.6) is 0 Å². The molecule has 3 heteroatoms. The molecule has 0 N–H and O–H groups in total. The van der Waals surface area contributed by atoms with Crippen LogP contribution in [-0.2, 0) is 15.5 Å². The molecular formula is C16H20O2Si. The van der Waals surface area contributed by atoms with Crippen LogP contribution in [0.4, 0.5) is 0 Å². The highest BCUT2D eigenvalue weighted by Gasteiger charge is 2.01. The third kappa shape index (κ3) is 4.46. The van der Waals surface area contributed by atoms with Crippen molar-refractivity contribution in [3.05, 3.63) is 48.0 Å². The first-order chi connectivity index (χ1) is 9.42. The molecule has 0 aliphatic carbocycles. The molecule has 0 bridgehead atoms. The maximum atomic E-state index is 5.61. The van der Waals surface area contributed by atoms with Gasteiger partial charge >= 0.3 is 10.0 Å². The summed E-state index contributed by atoms with van der Waals surface area (Å²) in [5, 5.41) is 2.52. The lowest BCUT2D eigenvalue weighted by Gasteiger charge is -2.07. The lowest BCUT2D eigenvalue weighted by Crippen LogP contribution is -2.06. The average molecular weight is 272 g/mol. The van der Waals surface area contributed by atoms with E-state index >= 15 is 0 Å². The van der Waals surface area contributed by atoms with Gasteiger partial charge in [0.1, 0.15) is 0 Å². The molecule has 0 spiro atoms. The number of rotatable bonds is 8. The molecule has 2 aromatic rings. The highest BCUT2D eigenvalue weighted by Crippen LogP contribution is 2.18. The van der Waals surface area contributed by atoms with E-state index in [9.17, 15) is 0 Å². The van der Waals surface area contributed by atoms with Crippen LogP contribution in [0.1, 0.15) is 31.7 Å². The number of benzene rings is 2. The van der Waals surface area contributed by atoms with Crippen molar-refractivity contribution in [3.63, 3.8) is 0 Å². The average Bonchev–Trinajstić information content (AvgIpc) is 2.46. The lowest BCUT2D eigenvalue weighted by molar-refractivity contribution is 0.211. The Labute approximate surface area is 117 Å². The Hall–Kier alpha value is -1.16. The Kier molecular flexibility index (Phi) is 6.07. The number of fused-ring (bicyclic) bond motifs is 1. The highest BCUT2D eigenvalue weighted by molar-refractivity contribution is 6.17. The minimum absolute atomic E-state index is 0.140. The molecule has 19 heavy (non-hydrogen) atoms. The molecule has 0 atom stereocenters. The molecule has 0 fully saturated rings. The van der Waals surface area contributed by atoms with Gasteiger partial charge in [-0.05, 0) is 22.8 Å². The van der Waals surface area contributed by atoms with Crippen LogP contribution in [0.15, 0.2) is 42.5 Å². The minimum Gasteiger partial charge on any atom is -0.393 e. The van der Waals surface area contributed by atoms with E-state index in [4.69, 9.17) is 8.85 Å². The topological polar surface area (TPSA) is 18.5 Å². The van der Waals surface area contributed by atoms with Crippen molar-refractivity contribution in [2.24, 2.45) is 0 Å². The van der Waals surface area contributed by atoms with E-state index in [1.54, 1.807) is 0 Å². The first-order valence-electron chi connectivity index (χ1n) is 6.87. The molecule has 2 rings (SSSR count). The zero-order valence-corrected chi connectivity index (χ0v) is 12.4. The van der Waals surface area contributed by atoms with Crippen molar-refractivity contribution < 1.29 is 8.85 Å². The largest absolute Gasteiger partial charge is 0.433 e. The summed E-state index contributed by atoms with van der Waals surface area (Å²) in [6.45, 7) is 3.62. The van der Waals surface area contributed by atoms with Gasteiger partial charge in [-0.25, -0.2) is 0 Å². The lowest BCUT2D eigenvalue weighted by atomic mass is 10.1. The molecular weight excluding hydrogens is 252 g/mol. The highest BCUT2D eigenvalue weighted by atomic mass is 28.3. The summed E-state index contributed by atoms with van der Waals surface area (Å²) in [5.74, 6) is 0. The third-order valence-electron chi connectivity index (χ3n) is 3.08. The second-order valence-corrected chi connectivity index (χ2v) is 5.31. The maximum absolute atomic E-state index is 5.61. The smallest absolute Gasteiger partial charge is 0.393 e. The van der Waals surface area contributed by atoms with Gasteiger partial charge in [0.15, 0.2) is 0 Å². The predicted octanol–water partition coefficient (Wildman–Crippen LogP) is 4.10. The molecule has 2 aromatic carbocycles. The van der Waals surface area contributed by atoms with Crippen LogP contribution in [0, 0.1) is 0 Å². The van der Waals surface area contributed by atoms with Gasteiger partial charge in [0.25, 0.3) is 0 Å². The number of hydrogen-bond acceptors (Lipinski definition) is 2. The molecule has 0 saturated carbocycles. The van der Waals surface area contributed by atoms with Gasteiger partial charge in [0.2, 0.25) is 0 Å². The van der Waals surface area contributed by atoms with E-state index < -0.39 is 0 Å². The molecule has 0 unspecified atom stereocenters. The Morgan fingerprint density at radius 2 is 1.79 bits per heavy atom. The molecule has 0 amide bonds. The normalized spacial score (nSPS) is 11.0. The van der Waals surface area contributed by atoms with Crippen LogP contribution in [0.3, 0.4) is 0 Å². The summed E-state index contributed by atoms with van der Waals surface area (Å²) in [6, 6.07) is 14.7. The predicted molar refractivity (Wildman–Crippen MR) is 80.0 cm³/mol. The summed E-state index contributed by atoms with van der Waals surface area (Å²) in [4.78, 5) is 0. The van der Waals surface area contributed by atoms with Crippen molar-refractivity contribution in [2.45, 2.75) is 32.8 Å². The van der Waals surface area contributed by atoms with Crippen molar-refractivity contribution in [1.29, 1.82) is 0 Å². The summed E-state index contributed by atoms with van der Waals surface area (Å²) in [6.07, 6.45) is 3.58. The Bertz CT molecular complexity index is 494. The molecule has 100 valence electrons. The molecule has 0 aromatic heterocycles. The van der Waals surface area contributed by atoms with E-state index in [0.29, 0.717) is 6.61 Å². The monoisotopic (exact) mass is 272 g/mol. The molecule has 2 radical (unpaired) electrons. The summed E-state index contributed by atoms with van der Waals surface area (Å²) < 4.78 is 11.1. The Morgan fingerprint density at radius 3 is 2.68 bits per heavy atom.